The van der Waals surface area contributed by atoms with Crippen LogP contribution in [0.15, 0.2) is 12.4 Å². The fourth-order valence-electron chi connectivity index (χ4n) is 1.65. The predicted molar refractivity (Wildman–Crippen MR) is 63.0 cm³/mol. The van der Waals surface area contributed by atoms with Gasteiger partial charge >= 0.3 is 0 Å². The molecule has 0 spiro atoms. The summed E-state index contributed by atoms with van der Waals surface area (Å²) in [5, 5.41) is 23.8. The molecule has 16 heavy (non-hydrogen) atoms. The third kappa shape index (κ3) is 3.61. The van der Waals surface area contributed by atoms with Gasteiger partial charge in [-0.1, -0.05) is 20.8 Å². The summed E-state index contributed by atoms with van der Waals surface area (Å²) in [6.45, 7) is 5.76. The number of nitrogens with zero attached hydrogens (tertiary/aromatic N) is 2. The van der Waals surface area contributed by atoms with Crippen molar-refractivity contribution in [2.24, 2.45) is 12.5 Å². The summed E-state index contributed by atoms with van der Waals surface area (Å²) < 4.78 is 1.74. The SMILES string of the molecule is Cn1cc(CCC(O)C(O)C(C)(C)C)cn1. The van der Waals surface area contributed by atoms with Gasteiger partial charge in [0.15, 0.2) is 0 Å². The molecule has 1 aromatic heterocycles. The van der Waals surface area contributed by atoms with Gasteiger partial charge in [0.1, 0.15) is 0 Å². The van der Waals surface area contributed by atoms with Crippen LogP contribution >= 0.6 is 0 Å². The molecule has 2 atom stereocenters. The van der Waals surface area contributed by atoms with Crippen molar-refractivity contribution in [3.8, 4) is 0 Å². The molecular formula is C12H22N2O2. The van der Waals surface area contributed by atoms with Crippen molar-refractivity contribution in [3.63, 3.8) is 0 Å². The topological polar surface area (TPSA) is 58.3 Å². The van der Waals surface area contributed by atoms with Gasteiger partial charge in [0.05, 0.1) is 18.4 Å². The second-order valence-corrected chi connectivity index (χ2v) is 5.44. The summed E-state index contributed by atoms with van der Waals surface area (Å²) in [6, 6.07) is 0. The Morgan fingerprint density at radius 1 is 1.38 bits per heavy atom. The van der Waals surface area contributed by atoms with Crippen molar-refractivity contribution in [2.75, 3.05) is 0 Å². The summed E-state index contributed by atoms with van der Waals surface area (Å²) in [5.41, 5.74) is 0.802. The predicted octanol–water partition coefficient (Wildman–Crippen LogP) is 1.12. The molecule has 0 bridgehead atoms. The van der Waals surface area contributed by atoms with E-state index in [0.29, 0.717) is 6.42 Å². The second kappa shape index (κ2) is 4.97. The van der Waals surface area contributed by atoms with E-state index in [4.69, 9.17) is 0 Å². The van der Waals surface area contributed by atoms with Crippen molar-refractivity contribution in [2.45, 2.75) is 45.8 Å². The molecule has 4 heteroatoms. The minimum atomic E-state index is -0.691. The largest absolute Gasteiger partial charge is 0.390 e. The average molecular weight is 226 g/mol. The minimum Gasteiger partial charge on any atom is -0.390 e. The van der Waals surface area contributed by atoms with E-state index < -0.39 is 12.2 Å². The lowest BCUT2D eigenvalue weighted by molar-refractivity contribution is -0.0470. The number of aliphatic hydroxyl groups excluding tert-OH is 2. The van der Waals surface area contributed by atoms with E-state index in [1.807, 2.05) is 34.0 Å². The van der Waals surface area contributed by atoms with Gasteiger partial charge in [-0.25, -0.2) is 0 Å². The van der Waals surface area contributed by atoms with Crippen LogP contribution in [-0.2, 0) is 13.5 Å². The maximum absolute atomic E-state index is 9.87. The van der Waals surface area contributed by atoms with Gasteiger partial charge in [0, 0.05) is 13.2 Å². The molecule has 92 valence electrons. The molecule has 4 nitrogen and oxygen atoms in total. The lowest BCUT2D eigenvalue weighted by Crippen LogP contribution is -2.37. The third-order valence-electron chi connectivity index (χ3n) is 2.74. The van der Waals surface area contributed by atoms with E-state index in [0.717, 1.165) is 12.0 Å². The molecule has 1 heterocycles. The van der Waals surface area contributed by atoms with E-state index in [1.165, 1.54) is 0 Å². The lowest BCUT2D eigenvalue weighted by Gasteiger charge is -2.29. The molecule has 0 fully saturated rings. The first-order valence-corrected chi connectivity index (χ1v) is 5.64. The molecule has 0 aromatic carbocycles. The summed E-state index contributed by atoms with van der Waals surface area (Å²) in [6.07, 6.45) is 3.64. The number of aryl methyl sites for hydroxylation is 2. The standard InChI is InChI=1S/C12H22N2O2/c1-12(2,3)11(16)10(15)6-5-9-7-13-14(4)8-9/h7-8,10-11,15-16H,5-6H2,1-4H3. The zero-order valence-corrected chi connectivity index (χ0v) is 10.5. The first-order chi connectivity index (χ1) is 7.30. The number of aromatic nitrogens is 2. The van der Waals surface area contributed by atoms with Crippen molar-refractivity contribution >= 4 is 0 Å². The molecule has 2 N–H and O–H groups in total. The molecule has 0 aliphatic carbocycles. The van der Waals surface area contributed by atoms with Crippen LogP contribution in [0.4, 0.5) is 0 Å². The Balaban J connectivity index is 2.44. The summed E-state index contributed by atoms with van der Waals surface area (Å²) in [5.74, 6) is 0. The Kier molecular flexibility index (Phi) is 4.10. The van der Waals surface area contributed by atoms with Crippen LogP contribution in [0, 0.1) is 5.41 Å². The zero-order chi connectivity index (χ0) is 12.3. The normalized spacial score (nSPS) is 16.1. The van der Waals surface area contributed by atoms with Crippen molar-refractivity contribution < 1.29 is 10.2 Å². The van der Waals surface area contributed by atoms with Crippen LogP contribution < -0.4 is 0 Å². The molecule has 0 aliphatic heterocycles. The molecule has 0 saturated carbocycles. The van der Waals surface area contributed by atoms with Crippen molar-refractivity contribution in [1.29, 1.82) is 0 Å². The first kappa shape index (κ1) is 13.2. The number of hydrogen-bond acceptors (Lipinski definition) is 3. The first-order valence-electron chi connectivity index (χ1n) is 5.64. The zero-order valence-electron chi connectivity index (χ0n) is 10.5. The Bertz CT molecular complexity index is 328. The van der Waals surface area contributed by atoms with Crippen LogP contribution in [0.25, 0.3) is 0 Å². The van der Waals surface area contributed by atoms with Crippen LogP contribution in [0.5, 0.6) is 0 Å². The third-order valence-corrected chi connectivity index (χ3v) is 2.74. The fraction of sp³-hybridized carbons (Fsp3) is 0.750. The molecule has 0 aliphatic rings. The summed E-state index contributed by atoms with van der Waals surface area (Å²) >= 11 is 0. The Morgan fingerprint density at radius 3 is 2.44 bits per heavy atom. The fourth-order valence-corrected chi connectivity index (χ4v) is 1.65. The average Bonchev–Trinajstić information content (AvgIpc) is 2.58. The van der Waals surface area contributed by atoms with E-state index in [9.17, 15) is 10.2 Å². The Morgan fingerprint density at radius 2 is 2.00 bits per heavy atom. The minimum absolute atomic E-state index is 0.283. The number of hydrogen-bond donors (Lipinski definition) is 2. The highest BCUT2D eigenvalue weighted by Crippen LogP contribution is 2.23. The van der Waals surface area contributed by atoms with Gasteiger partial charge in [0.2, 0.25) is 0 Å². The van der Waals surface area contributed by atoms with Gasteiger partial charge in [0.25, 0.3) is 0 Å². The molecule has 1 aromatic rings. The van der Waals surface area contributed by atoms with Crippen LogP contribution in [-0.4, -0.2) is 32.2 Å². The maximum Gasteiger partial charge on any atom is 0.0847 e. The molecule has 0 saturated heterocycles. The highest BCUT2D eigenvalue weighted by Gasteiger charge is 2.28. The quantitative estimate of drug-likeness (QED) is 0.809. The second-order valence-electron chi connectivity index (χ2n) is 5.44. The van der Waals surface area contributed by atoms with Gasteiger partial charge in [-0.15, -0.1) is 0 Å². The highest BCUT2D eigenvalue weighted by atomic mass is 16.3. The molecule has 2 unspecified atom stereocenters. The van der Waals surface area contributed by atoms with Crippen molar-refractivity contribution in [3.05, 3.63) is 18.0 Å². The van der Waals surface area contributed by atoms with E-state index in [1.54, 1.807) is 10.9 Å². The van der Waals surface area contributed by atoms with E-state index in [-0.39, 0.29) is 5.41 Å². The highest BCUT2D eigenvalue weighted by molar-refractivity contribution is 5.04. The van der Waals surface area contributed by atoms with Crippen molar-refractivity contribution in [1.82, 2.24) is 9.78 Å². The number of aliphatic hydroxyl groups is 2. The summed E-state index contributed by atoms with van der Waals surface area (Å²) in [4.78, 5) is 0. The van der Waals surface area contributed by atoms with Gasteiger partial charge in [-0.2, -0.15) is 5.10 Å². The smallest absolute Gasteiger partial charge is 0.0847 e. The van der Waals surface area contributed by atoms with Gasteiger partial charge < -0.3 is 10.2 Å². The molecule has 0 amide bonds. The van der Waals surface area contributed by atoms with E-state index >= 15 is 0 Å². The summed E-state index contributed by atoms with van der Waals surface area (Å²) in [7, 11) is 1.87. The maximum atomic E-state index is 9.87. The Labute approximate surface area is 96.9 Å². The van der Waals surface area contributed by atoms with Gasteiger partial charge in [-0.05, 0) is 23.8 Å². The molecular weight excluding hydrogens is 204 g/mol. The van der Waals surface area contributed by atoms with Crippen LogP contribution in [0.1, 0.15) is 32.8 Å². The van der Waals surface area contributed by atoms with Crippen LogP contribution in [0.3, 0.4) is 0 Å². The Hall–Kier alpha value is -0.870. The number of rotatable bonds is 4. The lowest BCUT2D eigenvalue weighted by atomic mass is 9.84. The van der Waals surface area contributed by atoms with E-state index in [2.05, 4.69) is 5.10 Å². The molecule has 1 rings (SSSR count). The van der Waals surface area contributed by atoms with Gasteiger partial charge in [-0.3, -0.25) is 4.68 Å². The van der Waals surface area contributed by atoms with Crippen LogP contribution in [0.2, 0.25) is 0 Å². The molecule has 0 radical (unpaired) electrons. The monoisotopic (exact) mass is 226 g/mol.